The Morgan fingerprint density at radius 3 is 2.46 bits per heavy atom. The third-order valence-electron chi connectivity index (χ3n) is 4.48. The number of amides is 1. The van der Waals surface area contributed by atoms with Crippen LogP contribution in [0.25, 0.3) is 0 Å². The van der Waals surface area contributed by atoms with Gasteiger partial charge in [-0.15, -0.1) is 0 Å². The lowest BCUT2D eigenvalue weighted by atomic mass is 10.1. The van der Waals surface area contributed by atoms with Crippen molar-refractivity contribution < 1.29 is 19.1 Å². The summed E-state index contributed by atoms with van der Waals surface area (Å²) in [5.41, 5.74) is 2.05. The molecule has 0 bridgehead atoms. The van der Waals surface area contributed by atoms with Crippen LogP contribution in [0.1, 0.15) is 45.5 Å². The van der Waals surface area contributed by atoms with Crippen LogP contribution < -0.4 is 4.74 Å². The second-order valence-electron chi connectivity index (χ2n) is 6.36. The third-order valence-corrected chi connectivity index (χ3v) is 4.48. The molecule has 1 aliphatic heterocycles. The van der Waals surface area contributed by atoms with Crippen molar-refractivity contribution in [3.8, 4) is 5.75 Å². The van der Waals surface area contributed by atoms with E-state index < -0.39 is 5.97 Å². The minimum atomic E-state index is -0.399. The second kappa shape index (κ2) is 8.52. The monoisotopic (exact) mass is 353 g/mol. The number of rotatable bonds is 5. The molecule has 0 atom stereocenters. The van der Waals surface area contributed by atoms with Crippen molar-refractivity contribution in [3.63, 3.8) is 0 Å². The summed E-state index contributed by atoms with van der Waals surface area (Å²) in [5, 5.41) is 0. The van der Waals surface area contributed by atoms with Crippen molar-refractivity contribution in [2.45, 2.75) is 25.9 Å². The lowest BCUT2D eigenvalue weighted by molar-refractivity contribution is 0.0599. The highest BCUT2D eigenvalue weighted by molar-refractivity contribution is 5.94. The van der Waals surface area contributed by atoms with Gasteiger partial charge in [-0.25, -0.2) is 4.79 Å². The maximum absolute atomic E-state index is 12.6. The van der Waals surface area contributed by atoms with Gasteiger partial charge in [-0.3, -0.25) is 4.79 Å². The molecular weight excluding hydrogens is 330 g/mol. The number of carbonyl (C=O) groups excluding carboxylic acids is 2. The summed E-state index contributed by atoms with van der Waals surface area (Å²) in [6.45, 7) is 1.99. The number of hydrogen-bond acceptors (Lipinski definition) is 4. The maximum Gasteiger partial charge on any atom is 0.337 e. The molecule has 0 aliphatic carbocycles. The number of ether oxygens (including phenoxy) is 2. The molecule has 5 nitrogen and oxygen atoms in total. The van der Waals surface area contributed by atoms with Gasteiger partial charge >= 0.3 is 5.97 Å². The van der Waals surface area contributed by atoms with Crippen LogP contribution in [-0.4, -0.2) is 37.0 Å². The summed E-state index contributed by atoms with van der Waals surface area (Å²) in [7, 11) is 1.35. The number of piperidine rings is 1. The van der Waals surface area contributed by atoms with Gasteiger partial charge in [0, 0.05) is 18.7 Å². The van der Waals surface area contributed by atoms with Crippen molar-refractivity contribution in [1.82, 2.24) is 4.90 Å². The second-order valence-corrected chi connectivity index (χ2v) is 6.36. The summed E-state index contributed by atoms with van der Waals surface area (Å²) in [6.07, 6.45) is 3.35. The minimum Gasteiger partial charge on any atom is -0.489 e. The first-order valence-corrected chi connectivity index (χ1v) is 8.87. The normalized spacial score (nSPS) is 14.0. The van der Waals surface area contributed by atoms with Crippen molar-refractivity contribution in [2.75, 3.05) is 20.2 Å². The molecule has 1 amide bonds. The molecule has 2 aromatic rings. The van der Waals surface area contributed by atoms with Gasteiger partial charge in [0.25, 0.3) is 5.91 Å². The summed E-state index contributed by atoms with van der Waals surface area (Å²) in [5.74, 6) is 0.268. The van der Waals surface area contributed by atoms with Gasteiger partial charge in [-0.2, -0.15) is 0 Å². The van der Waals surface area contributed by atoms with E-state index in [0.29, 0.717) is 23.5 Å². The molecule has 1 aliphatic rings. The van der Waals surface area contributed by atoms with Gasteiger partial charge in [0.1, 0.15) is 12.4 Å². The molecule has 1 heterocycles. The molecule has 0 spiro atoms. The number of methoxy groups -OCH3 is 1. The van der Waals surface area contributed by atoms with E-state index in [2.05, 4.69) is 0 Å². The van der Waals surface area contributed by atoms with E-state index in [4.69, 9.17) is 9.47 Å². The Morgan fingerprint density at radius 1 is 0.962 bits per heavy atom. The van der Waals surface area contributed by atoms with Gasteiger partial charge in [-0.05, 0) is 55.2 Å². The Kier molecular flexibility index (Phi) is 5.89. The Balaban J connectivity index is 1.65. The van der Waals surface area contributed by atoms with Crippen LogP contribution in [0.5, 0.6) is 5.75 Å². The number of hydrogen-bond donors (Lipinski definition) is 0. The zero-order valence-corrected chi connectivity index (χ0v) is 14.9. The van der Waals surface area contributed by atoms with Gasteiger partial charge in [0.15, 0.2) is 0 Å². The standard InChI is InChI=1S/C21H23NO4/c1-25-21(24)18-9-6-10-19(14-18)26-15-16-7-5-8-17(13-16)20(23)22-11-3-2-4-12-22/h5-10,13-14H,2-4,11-12,15H2,1H3. The van der Waals surface area contributed by atoms with Crippen molar-refractivity contribution in [1.29, 1.82) is 0 Å². The average molecular weight is 353 g/mol. The average Bonchev–Trinajstić information content (AvgIpc) is 2.72. The van der Waals surface area contributed by atoms with Gasteiger partial charge in [0.2, 0.25) is 0 Å². The van der Waals surface area contributed by atoms with Crippen molar-refractivity contribution >= 4 is 11.9 Å². The molecule has 0 saturated carbocycles. The highest BCUT2D eigenvalue weighted by Gasteiger charge is 2.18. The number of benzene rings is 2. The van der Waals surface area contributed by atoms with Crippen molar-refractivity contribution in [3.05, 3.63) is 65.2 Å². The Bertz CT molecular complexity index is 781. The zero-order valence-electron chi connectivity index (χ0n) is 14.9. The van der Waals surface area contributed by atoms with Crippen LogP contribution in [0.2, 0.25) is 0 Å². The highest BCUT2D eigenvalue weighted by atomic mass is 16.5. The quantitative estimate of drug-likeness (QED) is 0.770. The number of esters is 1. The third kappa shape index (κ3) is 4.42. The maximum atomic E-state index is 12.6. The van der Waals surface area contributed by atoms with E-state index in [1.807, 2.05) is 29.2 Å². The smallest absolute Gasteiger partial charge is 0.337 e. The number of carbonyl (C=O) groups is 2. The molecule has 0 aromatic heterocycles. The van der Waals surface area contributed by atoms with Gasteiger partial charge < -0.3 is 14.4 Å². The molecule has 26 heavy (non-hydrogen) atoms. The van der Waals surface area contributed by atoms with E-state index >= 15 is 0 Å². The fraction of sp³-hybridized carbons (Fsp3) is 0.333. The molecule has 5 heteroatoms. The predicted octanol–water partition coefficient (Wildman–Crippen LogP) is 3.68. The lowest BCUT2D eigenvalue weighted by Crippen LogP contribution is -2.35. The van der Waals surface area contributed by atoms with Gasteiger partial charge in [-0.1, -0.05) is 18.2 Å². The van der Waals surface area contributed by atoms with Crippen LogP contribution in [0.4, 0.5) is 0 Å². The summed E-state index contributed by atoms with van der Waals surface area (Å²) >= 11 is 0. The van der Waals surface area contributed by atoms with Crippen LogP contribution in [0.15, 0.2) is 48.5 Å². The zero-order chi connectivity index (χ0) is 18.4. The molecular formula is C21H23NO4. The molecule has 136 valence electrons. The first-order chi connectivity index (χ1) is 12.7. The summed E-state index contributed by atoms with van der Waals surface area (Å²) < 4.78 is 10.5. The van der Waals surface area contributed by atoms with Gasteiger partial charge in [0.05, 0.1) is 12.7 Å². The summed E-state index contributed by atoms with van der Waals surface area (Å²) in [4.78, 5) is 26.1. The lowest BCUT2D eigenvalue weighted by Gasteiger charge is -2.26. The molecule has 0 radical (unpaired) electrons. The van der Waals surface area contributed by atoms with E-state index in [9.17, 15) is 9.59 Å². The summed E-state index contributed by atoms with van der Waals surface area (Å²) in [6, 6.07) is 14.4. The predicted molar refractivity (Wildman–Crippen MR) is 98.3 cm³/mol. The Hall–Kier alpha value is -2.82. The first kappa shape index (κ1) is 18.0. The van der Waals surface area contributed by atoms with Crippen LogP contribution in [0.3, 0.4) is 0 Å². The fourth-order valence-corrected chi connectivity index (χ4v) is 3.07. The molecule has 0 N–H and O–H groups in total. The Morgan fingerprint density at radius 2 is 1.69 bits per heavy atom. The fourth-order valence-electron chi connectivity index (χ4n) is 3.07. The van der Waals surface area contributed by atoms with E-state index in [0.717, 1.165) is 31.5 Å². The first-order valence-electron chi connectivity index (χ1n) is 8.87. The van der Waals surface area contributed by atoms with E-state index in [1.54, 1.807) is 24.3 Å². The number of nitrogens with zero attached hydrogens (tertiary/aromatic N) is 1. The van der Waals surface area contributed by atoms with Crippen LogP contribution >= 0.6 is 0 Å². The molecule has 1 saturated heterocycles. The van der Waals surface area contributed by atoms with Crippen LogP contribution in [-0.2, 0) is 11.3 Å². The molecule has 0 unspecified atom stereocenters. The molecule has 2 aromatic carbocycles. The topological polar surface area (TPSA) is 55.8 Å². The van der Waals surface area contributed by atoms with Crippen molar-refractivity contribution in [2.24, 2.45) is 0 Å². The molecule has 3 rings (SSSR count). The number of likely N-dealkylation sites (tertiary alicyclic amines) is 1. The highest BCUT2D eigenvalue weighted by Crippen LogP contribution is 2.18. The Labute approximate surface area is 153 Å². The molecule has 1 fully saturated rings. The minimum absolute atomic E-state index is 0.0826. The van der Waals surface area contributed by atoms with Crippen LogP contribution in [0, 0.1) is 0 Å². The SMILES string of the molecule is COC(=O)c1cccc(OCc2cccc(C(=O)N3CCCCC3)c2)c1. The van der Waals surface area contributed by atoms with E-state index in [-0.39, 0.29) is 5.91 Å². The van der Waals surface area contributed by atoms with E-state index in [1.165, 1.54) is 13.5 Å². The largest absolute Gasteiger partial charge is 0.489 e.